The standard InChI is InChI=1S/C22H14N6O2/c1-13-21(30-18-5-15(9-24)4-16(6-18)10-25)20(27-26-13)12-28-11-17-3-2-14(8-23)7-19(17)22(28)29/h2-7H,11-12H2,1H3,(H,26,27). The second-order valence-corrected chi connectivity index (χ2v) is 6.84. The van der Waals surface area contributed by atoms with Gasteiger partial charge >= 0.3 is 0 Å². The van der Waals surface area contributed by atoms with Gasteiger partial charge in [-0.25, -0.2) is 0 Å². The first kappa shape index (κ1) is 18.7. The average molecular weight is 394 g/mol. The lowest BCUT2D eigenvalue weighted by atomic mass is 10.1. The van der Waals surface area contributed by atoms with Gasteiger partial charge in [0.05, 0.1) is 47.1 Å². The van der Waals surface area contributed by atoms with Crippen LogP contribution < -0.4 is 4.74 Å². The van der Waals surface area contributed by atoms with Gasteiger partial charge in [0.1, 0.15) is 11.4 Å². The molecule has 0 fully saturated rings. The number of hydrogen-bond donors (Lipinski definition) is 1. The molecule has 30 heavy (non-hydrogen) atoms. The van der Waals surface area contributed by atoms with Crippen LogP contribution in [0.2, 0.25) is 0 Å². The molecule has 0 aliphatic carbocycles. The monoisotopic (exact) mass is 394 g/mol. The van der Waals surface area contributed by atoms with E-state index in [-0.39, 0.29) is 12.5 Å². The zero-order valence-corrected chi connectivity index (χ0v) is 15.9. The number of rotatable bonds is 4. The van der Waals surface area contributed by atoms with Gasteiger partial charge in [0, 0.05) is 12.1 Å². The predicted molar refractivity (Wildman–Crippen MR) is 104 cm³/mol. The third-order valence-corrected chi connectivity index (χ3v) is 4.80. The molecule has 2 heterocycles. The maximum Gasteiger partial charge on any atom is 0.254 e. The highest BCUT2D eigenvalue weighted by molar-refractivity contribution is 5.98. The summed E-state index contributed by atoms with van der Waals surface area (Å²) in [5.41, 5.74) is 3.61. The Morgan fingerprint density at radius 2 is 1.77 bits per heavy atom. The number of aromatic amines is 1. The zero-order valence-electron chi connectivity index (χ0n) is 15.9. The summed E-state index contributed by atoms with van der Waals surface area (Å²) in [5.74, 6) is 0.605. The molecular formula is C22H14N6O2. The quantitative estimate of drug-likeness (QED) is 0.723. The van der Waals surface area contributed by atoms with E-state index in [1.807, 2.05) is 18.2 Å². The Morgan fingerprint density at radius 1 is 1.07 bits per heavy atom. The summed E-state index contributed by atoms with van der Waals surface area (Å²) in [7, 11) is 0. The molecule has 144 valence electrons. The van der Waals surface area contributed by atoms with Crippen LogP contribution in [0.25, 0.3) is 0 Å². The van der Waals surface area contributed by atoms with Crippen molar-refractivity contribution in [2.45, 2.75) is 20.0 Å². The van der Waals surface area contributed by atoms with Crippen molar-refractivity contribution in [3.63, 3.8) is 0 Å². The minimum atomic E-state index is -0.174. The van der Waals surface area contributed by atoms with Crippen molar-refractivity contribution in [1.29, 1.82) is 15.8 Å². The molecule has 1 aromatic heterocycles. The first-order valence-electron chi connectivity index (χ1n) is 9.01. The number of carbonyl (C=O) groups is 1. The Bertz CT molecular complexity index is 1270. The minimum Gasteiger partial charge on any atom is -0.453 e. The summed E-state index contributed by atoms with van der Waals surface area (Å²) in [6, 6.07) is 15.7. The molecular weight excluding hydrogens is 380 g/mol. The number of aryl methyl sites for hydroxylation is 1. The molecule has 2 aromatic carbocycles. The van der Waals surface area contributed by atoms with Crippen LogP contribution in [0.5, 0.6) is 11.5 Å². The molecule has 0 atom stereocenters. The van der Waals surface area contributed by atoms with Crippen LogP contribution in [-0.4, -0.2) is 21.0 Å². The Balaban J connectivity index is 1.60. The fourth-order valence-corrected chi connectivity index (χ4v) is 3.36. The zero-order chi connectivity index (χ0) is 21.3. The van der Waals surface area contributed by atoms with E-state index < -0.39 is 0 Å². The molecule has 8 heteroatoms. The Morgan fingerprint density at radius 3 is 2.43 bits per heavy atom. The van der Waals surface area contributed by atoms with Gasteiger partial charge in [-0.15, -0.1) is 0 Å². The summed E-state index contributed by atoms with van der Waals surface area (Å²) < 4.78 is 5.95. The van der Waals surface area contributed by atoms with Gasteiger partial charge in [0.25, 0.3) is 5.91 Å². The van der Waals surface area contributed by atoms with Crippen molar-refractivity contribution < 1.29 is 9.53 Å². The Labute approximate surface area is 172 Å². The molecule has 1 N–H and O–H groups in total. The molecule has 1 amide bonds. The van der Waals surface area contributed by atoms with Gasteiger partial charge in [-0.3, -0.25) is 9.89 Å². The number of H-pyrrole nitrogens is 1. The number of nitrogens with zero attached hydrogens (tertiary/aromatic N) is 5. The largest absolute Gasteiger partial charge is 0.453 e. The van der Waals surface area contributed by atoms with E-state index in [1.54, 1.807) is 30.0 Å². The first-order valence-corrected chi connectivity index (χ1v) is 9.01. The van der Waals surface area contributed by atoms with Gasteiger partial charge in [-0.05, 0) is 42.8 Å². The van der Waals surface area contributed by atoms with Gasteiger partial charge < -0.3 is 9.64 Å². The smallest absolute Gasteiger partial charge is 0.254 e. The molecule has 0 bridgehead atoms. The first-order chi connectivity index (χ1) is 14.5. The van der Waals surface area contributed by atoms with E-state index >= 15 is 0 Å². The lowest BCUT2D eigenvalue weighted by Crippen LogP contribution is -2.23. The third kappa shape index (κ3) is 3.32. The molecule has 4 rings (SSSR count). The van der Waals surface area contributed by atoms with Crippen LogP contribution in [0.3, 0.4) is 0 Å². The van der Waals surface area contributed by atoms with E-state index in [1.165, 1.54) is 18.2 Å². The van der Waals surface area contributed by atoms with E-state index in [0.717, 1.165) is 5.56 Å². The van der Waals surface area contributed by atoms with Crippen LogP contribution in [0.4, 0.5) is 0 Å². The van der Waals surface area contributed by atoms with Gasteiger partial charge in [0.2, 0.25) is 0 Å². The third-order valence-electron chi connectivity index (χ3n) is 4.80. The van der Waals surface area contributed by atoms with Gasteiger partial charge in [-0.2, -0.15) is 20.9 Å². The molecule has 0 spiro atoms. The SMILES string of the molecule is Cc1[nH]nc(CN2Cc3ccc(C#N)cc3C2=O)c1Oc1cc(C#N)cc(C#N)c1. The molecule has 1 aliphatic rings. The fourth-order valence-electron chi connectivity index (χ4n) is 3.36. The number of amides is 1. The molecule has 0 saturated heterocycles. The maximum atomic E-state index is 12.8. The molecule has 3 aromatic rings. The van der Waals surface area contributed by atoms with E-state index in [9.17, 15) is 4.79 Å². The highest BCUT2D eigenvalue weighted by Crippen LogP contribution is 2.32. The molecule has 1 aliphatic heterocycles. The molecule has 0 radical (unpaired) electrons. The highest BCUT2D eigenvalue weighted by atomic mass is 16.5. The van der Waals surface area contributed by atoms with Crippen molar-refractivity contribution in [3.05, 3.63) is 75.6 Å². The number of aromatic nitrogens is 2. The normalized spacial score (nSPS) is 12.1. The summed E-state index contributed by atoms with van der Waals surface area (Å²) in [4.78, 5) is 14.4. The summed E-state index contributed by atoms with van der Waals surface area (Å²) >= 11 is 0. The summed E-state index contributed by atoms with van der Waals surface area (Å²) in [6.07, 6.45) is 0. The van der Waals surface area contributed by atoms with Crippen molar-refractivity contribution in [2.75, 3.05) is 0 Å². The predicted octanol–water partition coefficient (Wildman–Crippen LogP) is 3.28. The highest BCUT2D eigenvalue weighted by Gasteiger charge is 2.29. The van der Waals surface area contributed by atoms with Crippen LogP contribution in [-0.2, 0) is 13.1 Å². The van der Waals surface area contributed by atoms with Gasteiger partial charge in [0.15, 0.2) is 5.75 Å². The number of nitriles is 3. The number of fused-ring (bicyclic) bond motifs is 1. The maximum absolute atomic E-state index is 12.8. The Hall–Kier alpha value is -4.61. The number of carbonyl (C=O) groups excluding carboxylic acids is 1. The van der Waals surface area contributed by atoms with E-state index in [2.05, 4.69) is 10.2 Å². The van der Waals surface area contributed by atoms with Crippen LogP contribution in [0.1, 0.15) is 44.0 Å². The number of ether oxygens (including phenoxy) is 1. The van der Waals surface area contributed by atoms with Crippen molar-refractivity contribution in [3.8, 4) is 29.7 Å². The molecule has 8 nitrogen and oxygen atoms in total. The average Bonchev–Trinajstić information content (AvgIpc) is 3.27. The van der Waals surface area contributed by atoms with Crippen molar-refractivity contribution in [1.82, 2.24) is 15.1 Å². The Kier molecular flexibility index (Phi) is 4.64. The second kappa shape index (κ2) is 7.43. The van der Waals surface area contributed by atoms with Crippen LogP contribution in [0.15, 0.2) is 36.4 Å². The van der Waals surface area contributed by atoms with Gasteiger partial charge in [-0.1, -0.05) is 6.07 Å². The van der Waals surface area contributed by atoms with Crippen LogP contribution in [0, 0.1) is 40.9 Å². The molecule has 0 saturated carbocycles. The van der Waals surface area contributed by atoms with Crippen molar-refractivity contribution in [2.24, 2.45) is 0 Å². The minimum absolute atomic E-state index is 0.174. The second-order valence-electron chi connectivity index (χ2n) is 6.84. The van der Waals surface area contributed by atoms with E-state index in [4.69, 9.17) is 20.5 Å². The summed E-state index contributed by atoms with van der Waals surface area (Å²) in [6.45, 7) is 2.40. The number of hydrogen-bond acceptors (Lipinski definition) is 6. The van der Waals surface area contributed by atoms with Crippen molar-refractivity contribution >= 4 is 5.91 Å². The topological polar surface area (TPSA) is 130 Å². The summed E-state index contributed by atoms with van der Waals surface area (Å²) in [5, 5.41) is 34.5. The molecule has 0 unspecified atom stereocenters. The lowest BCUT2D eigenvalue weighted by molar-refractivity contribution is 0.0764. The lowest BCUT2D eigenvalue weighted by Gasteiger charge is -2.15. The fraction of sp³-hybridized carbons (Fsp3) is 0.136. The van der Waals surface area contributed by atoms with E-state index in [0.29, 0.717) is 51.7 Å². The number of benzene rings is 2. The van der Waals surface area contributed by atoms with Crippen LogP contribution >= 0.6 is 0 Å². The number of nitrogens with one attached hydrogen (secondary N) is 1.